The summed E-state index contributed by atoms with van der Waals surface area (Å²) in [4.78, 5) is 2.49. The molecule has 1 aliphatic heterocycles. The van der Waals surface area contributed by atoms with Crippen molar-refractivity contribution in [2.75, 3.05) is 26.7 Å². The molecule has 0 radical (unpaired) electrons. The van der Waals surface area contributed by atoms with Gasteiger partial charge in [-0.3, -0.25) is 4.40 Å². The summed E-state index contributed by atoms with van der Waals surface area (Å²) in [5, 5.41) is 8.64. The Hall–Kier alpha value is -1.62. The van der Waals surface area contributed by atoms with Crippen LogP contribution in [0.25, 0.3) is 5.65 Å². The average Bonchev–Trinajstić information content (AvgIpc) is 2.90. The van der Waals surface area contributed by atoms with Gasteiger partial charge in [-0.2, -0.15) is 0 Å². The summed E-state index contributed by atoms with van der Waals surface area (Å²) in [6.07, 6.45) is 4.30. The highest BCUT2D eigenvalue weighted by Crippen LogP contribution is 2.27. The fourth-order valence-electron chi connectivity index (χ4n) is 2.80. The molecular weight excluding hydrogens is 240 g/mol. The highest BCUT2D eigenvalue weighted by Gasteiger charge is 2.23. The maximum Gasteiger partial charge on any atom is 0.161 e. The third kappa shape index (κ3) is 2.30. The molecule has 0 spiro atoms. The molecule has 2 aromatic rings. The zero-order valence-corrected chi connectivity index (χ0v) is 11.5. The molecule has 3 rings (SSSR count). The molecule has 1 aliphatic rings. The lowest BCUT2D eigenvalue weighted by atomic mass is 9.96. The van der Waals surface area contributed by atoms with Crippen LogP contribution in [0.5, 0.6) is 5.75 Å². The Morgan fingerprint density at radius 2 is 2.05 bits per heavy atom. The Kier molecular flexibility index (Phi) is 3.38. The standard InChI is InChI=1S/C14H20N4O/c1-3-17-8-6-11(7-9-17)14-16-15-13-5-4-12(19-2)10-18(13)14/h4-5,10-11H,3,6-9H2,1-2H3. The van der Waals surface area contributed by atoms with Gasteiger partial charge < -0.3 is 9.64 Å². The molecule has 1 saturated heterocycles. The van der Waals surface area contributed by atoms with E-state index in [1.54, 1.807) is 7.11 Å². The first-order valence-corrected chi connectivity index (χ1v) is 6.93. The number of rotatable bonds is 3. The number of ether oxygens (including phenoxy) is 1. The Bertz CT molecular complexity index is 558. The van der Waals surface area contributed by atoms with Crippen LogP contribution in [0, 0.1) is 0 Å². The smallest absolute Gasteiger partial charge is 0.161 e. The summed E-state index contributed by atoms with van der Waals surface area (Å²) in [6, 6.07) is 3.88. The lowest BCUT2D eigenvalue weighted by molar-refractivity contribution is 0.218. The molecule has 0 bridgehead atoms. The van der Waals surface area contributed by atoms with Crippen LogP contribution in [0.4, 0.5) is 0 Å². The number of likely N-dealkylation sites (tertiary alicyclic amines) is 1. The summed E-state index contributed by atoms with van der Waals surface area (Å²) < 4.78 is 7.36. The molecule has 19 heavy (non-hydrogen) atoms. The van der Waals surface area contributed by atoms with Crippen molar-refractivity contribution in [2.45, 2.75) is 25.7 Å². The minimum absolute atomic E-state index is 0.505. The molecule has 0 atom stereocenters. The number of nitrogens with zero attached hydrogens (tertiary/aromatic N) is 4. The zero-order valence-electron chi connectivity index (χ0n) is 11.5. The van der Waals surface area contributed by atoms with Crippen LogP contribution in [0.3, 0.4) is 0 Å². The van der Waals surface area contributed by atoms with E-state index < -0.39 is 0 Å². The molecule has 1 fully saturated rings. The van der Waals surface area contributed by atoms with Gasteiger partial charge >= 0.3 is 0 Å². The molecule has 5 nitrogen and oxygen atoms in total. The molecule has 0 unspecified atom stereocenters. The number of hydrogen-bond donors (Lipinski definition) is 0. The van der Waals surface area contributed by atoms with Crippen molar-refractivity contribution in [3.63, 3.8) is 0 Å². The third-order valence-corrected chi connectivity index (χ3v) is 4.04. The van der Waals surface area contributed by atoms with Crippen molar-refractivity contribution < 1.29 is 4.74 Å². The summed E-state index contributed by atoms with van der Waals surface area (Å²) in [6.45, 7) is 5.67. The van der Waals surface area contributed by atoms with E-state index in [2.05, 4.69) is 26.4 Å². The number of aromatic nitrogens is 3. The Morgan fingerprint density at radius 1 is 1.26 bits per heavy atom. The van der Waals surface area contributed by atoms with E-state index in [1.165, 1.54) is 0 Å². The first-order chi connectivity index (χ1) is 9.31. The zero-order chi connectivity index (χ0) is 13.2. The second kappa shape index (κ2) is 5.17. The molecule has 102 valence electrons. The summed E-state index contributed by atoms with van der Waals surface area (Å²) >= 11 is 0. The van der Waals surface area contributed by atoms with Gasteiger partial charge in [-0.1, -0.05) is 6.92 Å². The average molecular weight is 260 g/mol. The van der Waals surface area contributed by atoms with Crippen molar-refractivity contribution in [3.05, 3.63) is 24.2 Å². The maximum absolute atomic E-state index is 5.28. The van der Waals surface area contributed by atoms with Gasteiger partial charge in [0.05, 0.1) is 13.3 Å². The topological polar surface area (TPSA) is 42.7 Å². The van der Waals surface area contributed by atoms with Crippen molar-refractivity contribution >= 4 is 5.65 Å². The van der Waals surface area contributed by atoms with Gasteiger partial charge in [0.15, 0.2) is 5.65 Å². The minimum atomic E-state index is 0.505. The van der Waals surface area contributed by atoms with E-state index in [0.29, 0.717) is 5.92 Å². The van der Waals surface area contributed by atoms with E-state index in [4.69, 9.17) is 4.74 Å². The van der Waals surface area contributed by atoms with Crippen LogP contribution >= 0.6 is 0 Å². The first kappa shape index (κ1) is 12.4. The predicted octanol–water partition coefficient (Wildman–Crippen LogP) is 1.94. The van der Waals surface area contributed by atoms with Crippen LogP contribution in [0.2, 0.25) is 0 Å². The van der Waals surface area contributed by atoms with Gasteiger partial charge in [0, 0.05) is 5.92 Å². The van der Waals surface area contributed by atoms with Crippen molar-refractivity contribution in [3.8, 4) is 5.75 Å². The van der Waals surface area contributed by atoms with Crippen LogP contribution in [0.15, 0.2) is 18.3 Å². The van der Waals surface area contributed by atoms with E-state index in [-0.39, 0.29) is 0 Å². The fraction of sp³-hybridized carbons (Fsp3) is 0.571. The Balaban J connectivity index is 1.88. The van der Waals surface area contributed by atoms with Crippen LogP contribution in [0.1, 0.15) is 31.5 Å². The Morgan fingerprint density at radius 3 is 2.74 bits per heavy atom. The molecular formula is C14H20N4O. The molecule has 0 amide bonds. The van der Waals surface area contributed by atoms with Gasteiger partial charge in [0.2, 0.25) is 0 Å². The minimum Gasteiger partial charge on any atom is -0.495 e. The number of methoxy groups -OCH3 is 1. The molecule has 0 aromatic carbocycles. The van der Waals surface area contributed by atoms with Gasteiger partial charge in [-0.15, -0.1) is 10.2 Å². The van der Waals surface area contributed by atoms with Crippen molar-refractivity contribution in [2.24, 2.45) is 0 Å². The highest BCUT2D eigenvalue weighted by molar-refractivity contribution is 5.41. The SMILES string of the molecule is CCN1CCC(c2nnc3ccc(OC)cn23)CC1. The highest BCUT2D eigenvalue weighted by atomic mass is 16.5. The maximum atomic E-state index is 5.28. The quantitative estimate of drug-likeness (QED) is 0.846. The van der Waals surface area contributed by atoms with Gasteiger partial charge in [-0.25, -0.2) is 0 Å². The molecule has 2 aromatic heterocycles. The lowest BCUT2D eigenvalue weighted by Gasteiger charge is -2.30. The lowest BCUT2D eigenvalue weighted by Crippen LogP contribution is -2.33. The molecule has 0 saturated carbocycles. The second-order valence-corrected chi connectivity index (χ2v) is 5.06. The van der Waals surface area contributed by atoms with E-state index in [9.17, 15) is 0 Å². The van der Waals surface area contributed by atoms with E-state index in [0.717, 1.165) is 49.7 Å². The predicted molar refractivity (Wildman–Crippen MR) is 73.6 cm³/mol. The van der Waals surface area contributed by atoms with E-state index in [1.807, 2.05) is 18.3 Å². The normalized spacial score (nSPS) is 18.0. The number of pyridine rings is 1. The molecule has 0 aliphatic carbocycles. The van der Waals surface area contributed by atoms with Crippen LogP contribution in [-0.2, 0) is 0 Å². The Labute approximate surface area is 113 Å². The van der Waals surface area contributed by atoms with Gasteiger partial charge in [-0.05, 0) is 44.6 Å². The van der Waals surface area contributed by atoms with Crippen molar-refractivity contribution in [1.82, 2.24) is 19.5 Å². The molecule has 3 heterocycles. The summed E-state index contributed by atoms with van der Waals surface area (Å²) in [7, 11) is 1.69. The monoisotopic (exact) mass is 260 g/mol. The van der Waals surface area contributed by atoms with Gasteiger partial charge in [0.25, 0.3) is 0 Å². The number of piperidine rings is 1. The number of fused-ring (bicyclic) bond motifs is 1. The summed E-state index contributed by atoms with van der Waals surface area (Å²) in [5.74, 6) is 2.43. The van der Waals surface area contributed by atoms with Crippen molar-refractivity contribution in [1.29, 1.82) is 0 Å². The molecule has 0 N–H and O–H groups in total. The largest absolute Gasteiger partial charge is 0.495 e. The first-order valence-electron chi connectivity index (χ1n) is 6.93. The van der Waals surface area contributed by atoms with Crippen LogP contribution < -0.4 is 4.74 Å². The van der Waals surface area contributed by atoms with E-state index >= 15 is 0 Å². The summed E-state index contributed by atoms with van der Waals surface area (Å²) in [5.41, 5.74) is 0.897. The fourth-order valence-corrected chi connectivity index (χ4v) is 2.80. The second-order valence-electron chi connectivity index (χ2n) is 5.06. The third-order valence-electron chi connectivity index (χ3n) is 4.04. The molecule has 5 heteroatoms. The van der Waals surface area contributed by atoms with Crippen LogP contribution in [-0.4, -0.2) is 46.2 Å². The van der Waals surface area contributed by atoms with Gasteiger partial charge in [0.1, 0.15) is 11.6 Å². The number of hydrogen-bond acceptors (Lipinski definition) is 4.